The zero-order chi connectivity index (χ0) is 18.5. The van der Waals surface area contributed by atoms with Crippen LogP contribution in [0.2, 0.25) is 0 Å². The number of rotatable bonds is 5. The number of nitrogens with one attached hydrogen (secondary N) is 2. The third-order valence-electron chi connectivity index (χ3n) is 3.92. The van der Waals surface area contributed by atoms with Crippen LogP contribution in [-0.4, -0.2) is 16.0 Å². The Hall–Kier alpha value is -3.47. The van der Waals surface area contributed by atoms with Crippen LogP contribution in [0.15, 0.2) is 71.7 Å². The van der Waals surface area contributed by atoms with Gasteiger partial charge in [-0.15, -0.1) is 0 Å². The second-order valence-electron chi connectivity index (χ2n) is 6.01. The summed E-state index contributed by atoms with van der Waals surface area (Å²) in [7, 11) is 0. The number of nitrogens with zero attached hydrogens (tertiary/aromatic N) is 2. The molecule has 0 aliphatic rings. The zero-order valence-electron chi connectivity index (χ0n) is 14.7. The molecule has 0 fully saturated rings. The molecule has 0 bridgehead atoms. The van der Waals surface area contributed by atoms with Gasteiger partial charge in [-0.1, -0.05) is 30.3 Å². The van der Waals surface area contributed by atoms with E-state index in [1.807, 2.05) is 61.5 Å². The molecule has 5 heteroatoms. The van der Waals surface area contributed by atoms with Crippen molar-refractivity contribution in [2.24, 2.45) is 0 Å². The van der Waals surface area contributed by atoms with Crippen molar-refractivity contribution < 1.29 is 0 Å². The maximum Gasteiger partial charge on any atom is 0.212 e. The third-order valence-corrected chi connectivity index (χ3v) is 3.92. The van der Waals surface area contributed by atoms with Gasteiger partial charge in [0.2, 0.25) is 5.43 Å². The summed E-state index contributed by atoms with van der Waals surface area (Å²) in [5, 5.41) is 15.2. The normalized spacial score (nSPS) is 11.2. The van der Waals surface area contributed by atoms with Gasteiger partial charge in [0.25, 0.3) is 0 Å². The van der Waals surface area contributed by atoms with Crippen molar-refractivity contribution in [3.8, 4) is 5.69 Å². The highest BCUT2D eigenvalue weighted by atomic mass is 16.1. The summed E-state index contributed by atoms with van der Waals surface area (Å²) in [4.78, 5) is 12.7. The van der Waals surface area contributed by atoms with Gasteiger partial charge in [0, 0.05) is 23.7 Å². The molecule has 0 unspecified atom stereocenters. The van der Waals surface area contributed by atoms with E-state index in [0.29, 0.717) is 11.3 Å². The number of aromatic nitrogens is 2. The molecule has 0 spiro atoms. The first-order valence-electron chi connectivity index (χ1n) is 8.29. The zero-order valence-corrected chi connectivity index (χ0v) is 14.7. The van der Waals surface area contributed by atoms with E-state index in [1.165, 1.54) is 6.08 Å². The maximum absolute atomic E-state index is 12.7. The molecule has 1 aromatic heterocycles. The highest BCUT2D eigenvalue weighted by Crippen LogP contribution is 2.16. The number of para-hydroxylation sites is 1. The quantitative estimate of drug-likeness (QED) is 0.689. The standard InChI is InChI=1S/C21H20N4O/c1-15-7-6-10-18(13-15)25-14-16(2)21(26)20(24-25)19(11-12-22)23-17-8-4-3-5-9-17/h3-14,22-23H,1-2H3/b19-11-,22-12?. The summed E-state index contributed by atoms with van der Waals surface area (Å²) in [6.45, 7) is 3.78. The van der Waals surface area contributed by atoms with E-state index in [0.717, 1.165) is 23.2 Å². The van der Waals surface area contributed by atoms with Crippen LogP contribution < -0.4 is 10.7 Å². The van der Waals surface area contributed by atoms with Gasteiger partial charge >= 0.3 is 0 Å². The lowest BCUT2D eigenvalue weighted by atomic mass is 10.2. The van der Waals surface area contributed by atoms with E-state index in [4.69, 9.17) is 5.41 Å². The van der Waals surface area contributed by atoms with Crippen molar-refractivity contribution in [1.29, 1.82) is 5.41 Å². The van der Waals surface area contributed by atoms with Crippen LogP contribution in [0, 0.1) is 19.3 Å². The topological polar surface area (TPSA) is 70.8 Å². The van der Waals surface area contributed by atoms with Crippen LogP contribution in [0.3, 0.4) is 0 Å². The summed E-state index contributed by atoms with van der Waals surface area (Å²) in [6, 6.07) is 17.4. The highest BCUT2D eigenvalue weighted by molar-refractivity contribution is 5.87. The lowest BCUT2D eigenvalue weighted by molar-refractivity contribution is 0.815. The molecule has 5 nitrogen and oxygen atoms in total. The molecular formula is C21H20N4O. The monoisotopic (exact) mass is 344 g/mol. The van der Waals surface area contributed by atoms with Crippen LogP contribution >= 0.6 is 0 Å². The van der Waals surface area contributed by atoms with Crippen molar-refractivity contribution in [3.05, 3.63) is 93.9 Å². The van der Waals surface area contributed by atoms with Gasteiger partial charge in [-0.2, -0.15) is 5.10 Å². The van der Waals surface area contributed by atoms with E-state index in [1.54, 1.807) is 17.8 Å². The van der Waals surface area contributed by atoms with Crippen LogP contribution in [0.5, 0.6) is 0 Å². The summed E-state index contributed by atoms with van der Waals surface area (Å²) < 4.78 is 1.70. The molecular weight excluding hydrogens is 324 g/mol. The van der Waals surface area contributed by atoms with E-state index in [9.17, 15) is 4.79 Å². The molecule has 0 saturated carbocycles. The van der Waals surface area contributed by atoms with E-state index in [2.05, 4.69) is 10.4 Å². The fourth-order valence-corrected chi connectivity index (χ4v) is 2.63. The van der Waals surface area contributed by atoms with Crippen molar-refractivity contribution >= 4 is 17.6 Å². The predicted molar refractivity (Wildman–Crippen MR) is 106 cm³/mol. The SMILES string of the molecule is Cc1cccc(-n2cc(C)c(=O)c(/C(=C/C=N)Nc3ccccc3)n2)c1. The molecule has 1 heterocycles. The van der Waals surface area contributed by atoms with Gasteiger partial charge in [0.05, 0.1) is 11.4 Å². The summed E-state index contributed by atoms with van der Waals surface area (Å²) in [5.41, 5.74) is 4.00. The first kappa shape index (κ1) is 17.4. The van der Waals surface area contributed by atoms with Crippen LogP contribution in [0.25, 0.3) is 11.4 Å². The molecule has 130 valence electrons. The molecule has 2 N–H and O–H groups in total. The Morgan fingerprint density at radius 3 is 2.58 bits per heavy atom. The average molecular weight is 344 g/mol. The lowest BCUT2D eigenvalue weighted by Crippen LogP contribution is -2.21. The molecule has 3 rings (SSSR count). The lowest BCUT2D eigenvalue weighted by Gasteiger charge is -2.13. The van der Waals surface area contributed by atoms with Gasteiger partial charge in [-0.05, 0) is 49.8 Å². The average Bonchev–Trinajstić information content (AvgIpc) is 2.64. The van der Waals surface area contributed by atoms with Crippen molar-refractivity contribution in [1.82, 2.24) is 9.78 Å². The number of anilines is 1. The first-order valence-corrected chi connectivity index (χ1v) is 8.29. The van der Waals surface area contributed by atoms with Gasteiger partial charge in [0.1, 0.15) is 0 Å². The van der Waals surface area contributed by atoms with Crippen molar-refractivity contribution in [2.45, 2.75) is 13.8 Å². The Morgan fingerprint density at radius 2 is 1.88 bits per heavy atom. The van der Waals surface area contributed by atoms with Gasteiger partial charge in [0.15, 0.2) is 5.69 Å². The van der Waals surface area contributed by atoms with E-state index < -0.39 is 0 Å². The summed E-state index contributed by atoms with van der Waals surface area (Å²) in [5.74, 6) is 0. The Kier molecular flexibility index (Phi) is 5.08. The minimum atomic E-state index is -0.162. The second kappa shape index (κ2) is 7.61. The number of hydrogen-bond acceptors (Lipinski definition) is 4. The number of allylic oxidation sites excluding steroid dienone is 1. The number of hydrogen-bond donors (Lipinski definition) is 2. The Balaban J connectivity index is 2.11. The molecule has 0 atom stereocenters. The van der Waals surface area contributed by atoms with Gasteiger partial charge in [-0.25, -0.2) is 4.68 Å². The molecule has 3 aromatic rings. The molecule has 0 aliphatic carbocycles. The van der Waals surface area contributed by atoms with E-state index >= 15 is 0 Å². The van der Waals surface area contributed by atoms with Crippen molar-refractivity contribution in [2.75, 3.05) is 5.32 Å². The minimum absolute atomic E-state index is 0.162. The van der Waals surface area contributed by atoms with Gasteiger partial charge < -0.3 is 10.7 Å². The number of benzene rings is 2. The Labute approximate surface area is 152 Å². The van der Waals surface area contributed by atoms with Crippen LogP contribution in [0.1, 0.15) is 16.8 Å². The summed E-state index contributed by atoms with van der Waals surface area (Å²) >= 11 is 0. The Morgan fingerprint density at radius 1 is 1.12 bits per heavy atom. The highest BCUT2D eigenvalue weighted by Gasteiger charge is 2.13. The Bertz CT molecular complexity index is 1020. The molecule has 0 amide bonds. The first-order chi connectivity index (χ1) is 12.6. The molecule has 2 aromatic carbocycles. The number of aryl methyl sites for hydroxylation is 2. The molecule has 0 radical (unpaired) electrons. The smallest absolute Gasteiger partial charge is 0.212 e. The fourth-order valence-electron chi connectivity index (χ4n) is 2.63. The maximum atomic E-state index is 12.7. The van der Waals surface area contributed by atoms with Crippen molar-refractivity contribution in [3.63, 3.8) is 0 Å². The summed E-state index contributed by atoms with van der Waals surface area (Å²) in [6.07, 6.45) is 4.41. The minimum Gasteiger partial charge on any atom is -0.354 e. The fraction of sp³-hybridized carbons (Fsp3) is 0.0952. The van der Waals surface area contributed by atoms with Crippen LogP contribution in [0.4, 0.5) is 5.69 Å². The second-order valence-corrected chi connectivity index (χ2v) is 6.01. The van der Waals surface area contributed by atoms with E-state index in [-0.39, 0.29) is 11.1 Å². The predicted octanol–water partition coefficient (Wildman–Crippen LogP) is 3.95. The van der Waals surface area contributed by atoms with Crippen LogP contribution in [-0.2, 0) is 0 Å². The molecule has 0 saturated heterocycles. The molecule has 26 heavy (non-hydrogen) atoms. The van der Waals surface area contributed by atoms with Gasteiger partial charge in [-0.3, -0.25) is 4.79 Å². The third kappa shape index (κ3) is 3.78. The molecule has 0 aliphatic heterocycles. The largest absolute Gasteiger partial charge is 0.354 e.